The molecule has 1 saturated carbocycles. The van der Waals surface area contributed by atoms with Crippen LogP contribution in [0.4, 0.5) is 5.82 Å². The number of aromatic nitrogens is 4. The molecule has 1 spiro atoms. The topological polar surface area (TPSA) is 130 Å². The average molecular weight is 430 g/mol. The van der Waals surface area contributed by atoms with Crippen LogP contribution in [0.3, 0.4) is 0 Å². The van der Waals surface area contributed by atoms with Crippen molar-refractivity contribution in [3.8, 4) is 0 Å². The van der Waals surface area contributed by atoms with Gasteiger partial charge in [0.2, 0.25) is 10.0 Å². The van der Waals surface area contributed by atoms with Gasteiger partial charge in [0.05, 0.1) is 5.39 Å². The maximum absolute atomic E-state index is 13.3. The van der Waals surface area contributed by atoms with Crippen LogP contribution in [-0.2, 0) is 17.1 Å². The van der Waals surface area contributed by atoms with E-state index in [1.807, 2.05) is 17.2 Å². The van der Waals surface area contributed by atoms with Gasteiger partial charge in [-0.1, -0.05) is 0 Å². The summed E-state index contributed by atoms with van der Waals surface area (Å²) in [5.74, 6) is 0.687. The Bertz CT molecular complexity index is 1240. The standard InChI is InChI=1S/C19H23N7O3S/c1-24-9-13(30(20,28)29)8-15(24)18(27)26-7-6-25(10-19(11-26)3-4-19)17-14-2-5-21-16(14)22-12-23-17/h2,5,8-9,12H,3-4,6-7,10-11H2,1H3,(H2,20,28,29)(H,21,22,23). The highest BCUT2D eigenvalue weighted by Crippen LogP contribution is 2.48. The second-order valence-corrected chi connectivity index (χ2v) is 9.86. The van der Waals surface area contributed by atoms with Crippen LogP contribution < -0.4 is 10.0 Å². The highest BCUT2D eigenvalue weighted by Gasteiger charge is 2.48. The van der Waals surface area contributed by atoms with Crippen molar-refractivity contribution in [2.75, 3.05) is 31.1 Å². The smallest absolute Gasteiger partial charge is 0.270 e. The summed E-state index contributed by atoms with van der Waals surface area (Å²) in [6, 6.07) is 3.32. The number of nitrogens with zero attached hydrogens (tertiary/aromatic N) is 5. The summed E-state index contributed by atoms with van der Waals surface area (Å²) in [5, 5.41) is 6.19. The van der Waals surface area contributed by atoms with E-state index in [9.17, 15) is 13.2 Å². The summed E-state index contributed by atoms with van der Waals surface area (Å²) < 4.78 is 24.9. The summed E-state index contributed by atoms with van der Waals surface area (Å²) in [6.07, 6.45) is 6.87. The van der Waals surface area contributed by atoms with Crippen LogP contribution in [0.15, 0.2) is 35.7 Å². The molecule has 5 rings (SSSR count). The van der Waals surface area contributed by atoms with Crippen LogP contribution in [0.5, 0.6) is 0 Å². The number of sulfonamides is 1. The molecule has 158 valence electrons. The number of nitrogens with two attached hydrogens (primary N) is 1. The second kappa shape index (κ2) is 6.54. The maximum atomic E-state index is 13.3. The molecule has 0 atom stereocenters. The number of primary sulfonamides is 1. The number of hydrogen-bond acceptors (Lipinski definition) is 6. The first kappa shape index (κ1) is 19.1. The van der Waals surface area contributed by atoms with Gasteiger partial charge in [-0.05, 0) is 25.0 Å². The monoisotopic (exact) mass is 429 g/mol. The SMILES string of the molecule is Cn1cc(S(N)(=O)=O)cc1C(=O)N1CCN(c2ncnc3[nH]ccc23)CC2(CC2)C1. The molecule has 1 aliphatic heterocycles. The largest absolute Gasteiger partial charge is 0.354 e. The Labute approximate surface area is 173 Å². The molecule has 1 aliphatic carbocycles. The third kappa shape index (κ3) is 3.23. The van der Waals surface area contributed by atoms with E-state index in [4.69, 9.17) is 5.14 Å². The Kier molecular flexibility index (Phi) is 4.16. The number of fused-ring (bicyclic) bond motifs is 1. The molecule has 3 aromatic rings. The van der Waals surface area contributed by atoms with Crippen molar-refractivity contribution in [1.29, 1.82) is 0 Å². The van der Waals surface area contributed by atoms with Crippen molar-refractivity contribution < 1.29 is 13.2 Å². The van der Waals surface area contributed by atoms with Crippen molar-refractivity contribution in [3.05, 3.63) is 36.5 Å². The van der Waals surface area contributed by atoms with Crippen LogP contribution in [0.1, 0.15) is 23.3 Å². The lowest BCUT2D eigenvalue weighted by Gasteiger charge is -2.25. The third-order valence-electron chi connectivity index (χ3n) is 6.10. The van der Waals surface area contributed by atoms with Crippen molar-refractivity contribution >= 4 is 32.8 Å². The second-order valence-electron chi connectivity index (χ2n) is 8.30. The number of aryl methyl sites for hydroxylation is 1. The molecule has 2 fully saturated rings. The normalized spacial score (nSPS) is 18.7. The number of nitrogens with one attached hydrogen (secondary N) is 1. The number of aromatic amines is 1. The zero-order valence-electron chi connectivity index (χ0n) is 16.6. The van der Waals surface area contributed by atoms with Crippen LogP contribution in [0, 0.1) is 5.41 Å². The van der Waals surface area contributed by atoms with Gasteiger partial charge in [-0.2, -0.15) is 0 Å². The Balaban J connectivity index is 1.44. The number of rotatable bonds is 3. The van der Waals surface area contributed by atoms with Gasteiger partial charge in [0.1, 0.15) is 28.4 Å². The van der Waals surface area contributed by atoms with Gasteiger partial charge in [0, 0.05) is 51.0 Å². The Morgan fingerprint density at radius 3 is 2.73 bits per heavy atom. The van der Waals surface area contributed by atoms with Crippen molar-refractivity contribution in [2.24, 2.45) is 17.6 Å². The van der Waals surface area contributed by atoms with Gasteiger partial charge in [-0.25, -0.2) is 23.5 Å². The Hall–Kier alpha value is -2.92. The lowest BCUT2D eigenvalue weighted by molar-refractivity contribution is 0.0731. The summed E-state index contributed by atoms with van der Waals surface area (Å²) in [7, 11) is -2.21. The highest BCUT2D eigenvalue weighted by molar-refractivity contribution is 7.89. The van der Waals surface area contributed by atoms with Gasteiger partial charge >= 0.3 is 0 Å². The minimum atomic E-state index is -3.86. The Morgan fingerprint density at radius 2 is 2.03 bits per heavy atom. The minimum absolute atomic E-state index is 0.0354. The van der Waals surface area contributed by atoms with E-state index in [-0.39, 0.29) is 16.2 Å². The zero-order chi connectivity index (χ0) is 21.1. The summed E-state index contributed by atoms with van der Waals surface area (Å²) in [5.41, 5.74) is 1.15. The molecule has 30 heavy (non-hydrogen) atoms. The first-order chi connectivity index (χ1) is 14.3. The van der Waals surface area contributed by atoms with Gasteiger partial charge in [-0.3, -0.25) is 4.79 Å². The van der Waals surface area contributed by atoms with Gasteiger partial charge in [0.15, 0.2) is 0 Å². The number of amides is 1. The first-order valence-electron chi connectivity index (χ1n) is 9.77. The van der Waals surface area contributed by atoms with E-state index in [1.165, 1.54) is 16.8 Å². The van der Waals surface area contributed by atoms with E-state index in [1.54, 1.807) is 13.4 Å². The summed E-state index contributed by atoms with van der Waals surface area (Å²) >= 11 is 0. The third-order valence-corrected chi connectivity index (χ3v) is 6.98. The van der Waals surface area contributed by atoms with E-state index < -0.39 is 10.0 Å². The van der Waals surface area contributed by atoms with Crippen molar-refractivity contribution in [2.45, 2.75) is 17.7 Å². The van der Waals surface area contributed by atoms with E-state index >= 15 is 0 Å². The lowest BCUT2D eigenvalue weighted by Crippen LogP contribution is -2.37. The molecule has 4 heterocycles. The number of hydrogen-bond donors (Lipinski definition) is 2. The number of carbonyl (C=O) groups is 1. The molecule has 1 amide bonds. The van der Waals surface area contributed by atoms with E-state index in [0.29, 0.717) is 25.3 Å². The highest BCUT2D eigenvalue weighted by atomic mass is 32.2. The quantitative estimate of drug-likeness (QED) is 0.630. The van der Waals surface area contributed by atoms with Crippen LogP contribution in [-0.4, -0.2) is 64.9 Å². The molecule has 10 nitrogen and oxygen atoms in total. The van der Waals surface area contributed by atoms with E-state index in [0.717, 1.165) is 36.2 Å². The number of H-pyrrole nitrogens is 1. The molecule has 11 heteroatoms. The lowest BCUT2D eigenvalue weighted by atomic mass is 10.1. The maximum Gasteiger partial charge on any atom is 0.270 e. The first-order valence-corrected chi connectivity index (χ1v) is 11.3. The van der Waals surface area contributed by atoms with Crippen LogP contribution in [0.2, 0.25) is 0 Å². The summed E-state index contributed by atoms with van der Waals surface area (Å²) in [4.78, 5) is 29.2. The molecule has 0 unspecified atom stereocenters. The average Bonchev–Trinajstić information content (AvgIpc) is 3.13. The van der Waals surface area contributed by atoms with Gasteiger partial charge < -0.3 is 19.4 Å². The van der Waals surface area contributed by atoms with Crippen LogP contribution in [0.25, 0.3) is 11.0 Å². The minimum Gasteiger partial charge on any atom is -0.354 e. The van der Waals surface area contributed by atoms with Gasteiger partial charge in [-0.15, -0.1) is 0 Å². The fourth-order valence-electron chi connectivity index (χ4n) is 4.28. The van der Waals surface area contributed by atoms with Crippen molar-refractivity contribution in [3.63, 3.8) is 0 Å². The predicted octanol–water partition coefficient (Wildman–Crippen LogP) is 0.686. The fourth-order valence-corrected chi connectivity index (χ4v) is 4.86. The van der Waals surface area contributed by atoms with Gasteiger partial charge in [0.25, 0.3) is 5.91 Å². The summed E-state index contributed by atoms with van der Waals surface area (Å²) in [6.45, 7) is 2.62. The number of anilines is 1. The Morgan fingerprint density at radius 1 is 1.23 bits per heavy atom. The molecular weight excluding hydrogens is 406 g/mol. The molecular formula is C19H23N7O3S. The molecule has 1 saturated heterocycles. The fraction of sp³-hybridized carbons (Fsp3) is 0.421. The van der Waals surface area contributed by atoms with E-state index in [2.05, 4.69) is 19.9 Å². The molecule has 2 aliphatic rings. The van der Waals surface area contributed by atoms with Crippen LogP contribution >= 0.6 is 0 Å². The molecule has 0 bridgehead atoms. The predicted molar refractivity (Wildman–Crippen MR) is 110 cm³/mol. The molecule has 0 aromatic carbocycles. The molecule has 3 N–H and O–H groups in total. The zero-order valence-corrected chi connectivity index (χ0v) is 17.4. The number of carbonyl (C=O) groups excluding carboxylic acids is 1. The van der Waals surface area contributed by atoms with Crippen molar-refractivity contribution in [1.82, 2.24) is 24.4 Å². The molecule has 0 radical (unpaired) electrons. The molecule has 3 aromatic heterocycles.